The topological polar surface area (TPSA) is 32.3 Å². The highest BCUT2D eigenvalue weighted by Gasteiger charge is 2.20. The van der Waals surface area contributed by atoms with E-state index in [1.807, 2.05) is 31.1 Å². The van der Waals surface area contributed by atoms with Gasteiger partial charge in [-0.1, -0.05) is 35.3 Å². The molecule has 0 heterocycles. The van der Waals surface area contributed by atoms with Gasteiger partial charge in [0.25, 0.3) is 5.91 Å². The van der Waals surface area contributed by atoms with Gasteiger partial charge < -0.3 is 10.2 Å². The lowest BCUT2D eigenvalue weighted by molar-refractivity contribution is 0.0932. The highest BCUT2D eigenvalue weighted by atomic mass is 35.5. The summed E-state index contributed by atoms with van der Waals surface area (Å²) in [7, 11) is 3.85. The highest BCUT2D eigenvalue weighted by molar-refractivity contribution is 6.33. The third-order valence-corrected chi connectivity index (χ3v) is 4.26. The number of halogens is 4. The summed E-state index contributed by atoms with van der Waals surface area (Å²) < 4.78 is 26.6. The first-order chi connectivity index (χ1) is 11.8. The lowest BCUT2D eigenvalue weighted by Crippen LogP contribution is -2.31. The van der Waals surface area contributed by atoms with Crippen LogP contribution in [0.4, 0.5) is 8.78 Å². The summed E-state index contributed by atoms with van der Waals surface area (Å²) in [5.74, 6) is -2.78. The molecule has 0 saturated carbocycles. The Balaban J connectivity index is 2.24. The Morgan fingerprint density at radius 3 is 2.32 bits per heavy atom. The maximum atomic E-state index is 13.4. The molecule has 1 N–H and O–H groups in total. The summed E-state index contributed by atoms with van der Waals surface area (Å²) >= 11 is 11.8. The molecular formula is C18H18Cl2F2N2O. The van der Waals surface area contributed by atoms with Crippen LogP contribution in [-0.2, 0) is 0 Å². The van der Waals surface area contributed by atoms with Gasteiger partial charge in [-0.3, -0.25) is 4.79 Å². The summed E-state index contributed by atoms with van der Waals surface area (Å²) in [6.45, 7) is 0.721. The minimum Gasteiger partial charge on any atom is -0.345 e. The van der Waals surface area contributed by atoms with Crippen molar-refractivity contribution in [1.29, 1.82) is 0 Å². The van der Waals surface area contributed by atoms with Gasteiger partial charge in [0.1, 0.15) is 0 Å². The fourth-order valence-electron chi connectivity index (χ4n) is 2.34. The van der Waals surface area contributed by atoms with Crippen LogP contribution in [0.3, 0.4) is 0 Å². The van der Waals surface area contributed by atoms with Crippen molar-refractivity contribution in [2.45, 2.75) is 12.5 Å². The van der Waals surface area contributed by atoms with E-state index in [1.54, 1.807) is 12.1 Å². The predicted molar refractivity (Wildman–Crippen MR) is 96.2 cm³/mol. The van der Waals surface area contributed by atoms with Crippen molar-refractivity contribution in [1.82, 2.24) is 10.2 Å². The van der Waals surface area contributed by atoms with Crippen molar-refractivity contribution in [2.24, 2.45) is 0 Å². The zero-order valence-corrected chi connectivity index (χ0v) is 15.3. The zero-order valence-electron chi connectivity index (χ0n) is 13.8. The Morgan fingerprint density at radius 1 is 1.12 bits per heavy atom. The van der Waals surface area contributed by atoms with E-state index in [0.29, 0.717) is 11.4 Å². The second-order valence-corrected chi connectivity index (χ2v) is 6.76. The lowest BCUT2D eigenvalue weighted by Gasteiger charge is -2.22. The molecule has 0 aromatic heterocycles. The van der Waals surface area contributed by atoms with E-state index in [0.717, 1.165) is 24.2 Å². The van der Waals surface area contributed by atoms with Crippen LogP contribution in [0.5, 0.6) is 0 Å². The second-order valence-electron chi connectivity index (χ2n) is 5.92. The number of carbonyl (C=O) groups excluding carboxylic acids is 1. The van der Waals surface area contributed by atoms with Gasteiger partial charge >= 0.3 is 0 Å². The van der Waals surface area contributed by atoms with E-state index in [9.17, 15) is 13.6 Å². The first-order valence-electron chi connectivity index (χ1n) is 7.63. The quantitative estimate of drug-likeness (QED) is 0.730. The molecule has 0 aliphatic rings. The van der Waals surface area contributed by atoms with Gasteiger partial charge in [0.15, 0.2) is 11.6 Å². The molecule has 0 aliphatic heterocycles. The molecule has 2 aromatic carbocycles. The maximum Gasteiger partial charge on any atom is 0.253 e. The van der Waals surface area contributed by atoms with Crippen molar-refractivity contribution >= 4 is 29.1 Å². The monoisotopic (exact) mass is 386 g/mol. The number of nitrogens with one attached hydrogen (secondary N) is 1. The smallest absolute Gasteiger partial charge is 0.253 e. The molecule has 1 atom stereocenters. The van der Waals surface area contributed by atoms with Gasteiger partial charge in [0.2, 0.25) is 0 Å². The molecule has 3 nitrogen and oxygen atoms in total. The fraction of sp³-hybridized carbons (Fsp3) is 0.278. The standard InChI is InChI=1S/C18H18Cl2F2N2O/c1-24(2)8-7-17(11-3-5-12(19)6-4-11)23-18(25)13-9-15(21)16(22)10-14(13)20/h3-6,9-10,17H,7-8H2,1-2H3,(H,23,25). The van der Waals surface area contributed by atoms with Gasteiger partial charge in [0.05, 0.1) is 16.6 Å². The third kappa shape index (κ3) is 5.39. The molecule has 0 bridgehead atoms. The Kier molecular flexibility index (Phi) is 6.76. The summed E-state index contributed by atoms with van der Waals surface area (Å²) in [6, 6.07) is 8.37. The highest BCUT2D eigenvalue weighted by Crippen LogP contribution is 2.23. The molecular weight excluding hydrogens is 369 g/mol. The molecule has 0 spiro atoms. The van der Waals surface area contributed by atoms with E-state index in [2.05, 4.69) is 5.32 Å². The van der Waals surface area contributed by atoms with Crippen LogP contribution in [-0.4, -0.2) is 31.4 Å². The van der Waals surface area contributed by atoms with Crippen LogP contribution >= 0.6 is 23.2 Å². The van der Waals surface area contributed by atoms with E-state index in [1.165, 1.54) is 0 Å². The molecule has 134 valence electrons. The number of benzene rings is 2. The van der Waals surface area contributed by atoms with Crippen molar-refractivity contribution in [2.75, 3.05) is 20.6 Å². The maximum absolute atomic E-state index is 13.4. The SMILES string of the molecule is CN(C)CCC(NC(=O)c1cc(F)c(F)cc1Cl)c1ccc(Cl)cc1. The van der Waals surface area contributed by atoms with E-state index in [4.69, 9.17) is 23.2 Å². The number of hydrogen-bond donors (Lipinski definition) is 1. The number of carbonyl (C=O) groups is 1. The second kappa shape index (κ2) is 8.61. The normalized spacial score (nSPS) is 12.3. The third-order valence-electron chi connectivity index (χ3n) is 3.70. The Labute approximate surface area is 155 Å². The predicted octanol–water partition coefficient (Wildman–Crippen LogP) is 4.69. The van der Waals surface area contributed by atoms with Crippen molar-refractivity contribution < 1.29 is 13.6 Å². The van der Waals surface area contributed by atoms with Crippen LogP contribution in [0.25, 0.3) is 0 Å². The molecule has 0 saturated heterocycles. The summed E-state index contributed by atoms with van der Waals surface area (Å²) in [5.41, 5.74) is 0.752. The summed E-state index contributed by atoms with van der Waals surface area (Å²) in [6.07, 6.45) is 0.627. The van der Waals surface area contributed by atoms with Crippen LogP contribution in [0, 0.1) is 11.6 Å². The van der Waals surface area contributed by atoms with Gasteiger partial charge in [-0.05, 0) is 56.9 Å². The molecule has 2 aromatic rings. The number of rotatable bonds is 6. The molecule has 25 heavy (non-hydrogen) atoms. The molecule has 7 heteroatoms. The van der Waals surface area contributed by atoms with Crippen LogP contribution in [0.2, 0.25) is 10.0 Å². The molecule has 2 rings (SSSR count). The van der Waals surface area contributed by atoms with Crippen LogP contribution in [0.1, 0.15) is 28.4 Å². The van der Waals surface area contributed by atoms with Gasteiger partial charge in [0, 0.05) is 5.02 Å². The Bertz CT molecular complexity index is 751. The van der Waals surface area contributed by atoms with Crippen LogP contribution in [0.15, 0.2) is 36.4 Å². The summed E-state index contributed by atoms with van der Waals surface area (Å²) in [4.78, 5) is 14.5. The van der Waals surface area contributed by atoms with E-state index >= 15 is 0 Å². The minimum absolute atomic E-state index is 0.107. The molecule has 0 fully saturated rings. The first kappa shape index (κ1) is 19.6. The van der Waals surface area contributed by atoms with Crippen molar-refractivity contribution in [3.8, 4) is 0 Å². The van der Waals surface area contributed by atoms with Gasteiger partial charge in [-0.15, -0.1) is 0 Å². The molecule has 0 aliphatic carbocycles. The zero-order chi connectivity index (χ0) is 18.6. The fourth-order valence-corrected chi connectivity index (χ4v) is 2.70. The average molecular weight is 387 g/mol. The summed E-state index contributed by atoms with van der Waals surface area (Å²) in [5, 5.41) is 3.28. The minimum atomic E-state index is -1.12. The average Bonchev–Trinajstić information content (AvgIpc) is 2.55. The Morgan fingerprint density at radius 2 is 1.72 bits per heavy atom. The molecule has 1 amide bonds. The first-order valence-corrected chi connectivity index (χ1v) is 8.39. The number of amides is 1. The van der Waals surface area contributed by atoms with Gasteiger partial charge in [-0.25, -0.2) is 8.78 Å². The Hall–Kier alpha value is -1.69. The molecule has 0 radical (unpaired) electrons. The van der Waals surface area contributed by atoms with E-state index < -0.39 is 17.5 Å². The molecule has 1 unspecified atom stereocenters. The van der Waals surface area contributed by atoms with Gasteiger partial charge in [-0.2, -0.15) is 0 Å². The number of hydrogen-bond acceptors (Lipinski definition) is 2. The number of nitrogens with zero attached hydrogens (tertiary/aromatic N) is 1. The van der Waals surface area contributed by atoms with Crippen LogP contribution < -0.4 is 5.32 Å². The van der Waals surface area contributed by atoms with Crippen molar-refractivity contribution in [3.05, 3.63) is 69.2 Å². The van der Waals surface area contributed by atoms with Crippen molar-refractivity contribution in [3.63, 3.8) is 0 Å². The van der Waals surface area contributed by atoms with E-state index in [-0.39, 0.29) is 16.6 Å². The largest absolute Gasteiger partial charge is 0.345 e. The lowest BCUT2D eigenvalue weighted by atomic mass is 10.0.